The fraction of sp³-hybridized carbons (Fsp3) is 0.500. The highest BCUT2D eigenvalue weighted by Gasteiger charge is 2.25. The number of aromatic nitrogens is 1. The van der Waals surface area contributed by atoms with Gasteiger partial charge in [0.1, 0.15) is 22.0 Å². The molecule has 136 valence electrons. The van der Waals surface area contributed by atoms with Crippen molar-refractivity contribution >= 4 is 23.2 Å². The summed E-state index contributed by atoms with van der Waals surface area (Å²) in [4.78, 5) is 31.1. The van der Waals surface area contributed by atoms with E-state index in [2.05, 4.69) is 25.8 Å². The molecule has 2 heterocycles. The van der Waals surface area contributed by atoms with Crippen LogP contribution in [-0.2, 0) is 16.7 Å². The third-order valence-electron chi connectivity index (χ3n) is 3.75. The number of rotatable bonds is 4. The van der Waals surface area contributed by atoms with E-state index >= 15 is 0 Å². The smallest absolute Gasteiger partial charge is 0.341 e. The summed E-state index contributed by atoms with van der Waals surface area (Å²) in [6.07, 6.45) is 0. The molecule has 0 aliphatic rings. The first-order valence-corrected chi connectivity index (χ1v) is 8.77. The van der Waals surface area contributed by atoms with Crippen LogP contribution in [0.15, 0.2) is 10.5 Å². The van der Waals surface area contributed by atoms with Crippen molar-refractivity contribution in [1.29, 1.82) is 0 Å². The van der Waals surface area contributed by atoms with Gasteiger partial charge in [-0.05, 0) is 19.9 Å². The van der Waals surface area contributed by atoms with Crippen LogP contribution in [0.4, 0.5) is 0 Å². The Bertz CT molecular complexity index is 799. The Morgan fingerprint density at radius 2 is 1.96 bits per heavy atom. The van der Waals surface area contributed by atoms with Crippen LogP contribution in [0.25, 0.3) is 0 Å². The van der Waals surface area contributed by atoms with Gasteiger partial charge in [-0.2, -0.15) is 0 Å². The molecule has 2 aromatic heterocycles. The van der Waals surface area contributed by atoms with E-state index in [0.29, 0.717) is 22.0 Å². The Morgan fingerprint density at radius 1 is 1.32 bits per heavy atom. The van der Waals surface area contributed by atoms with Crippen molar-refractivity contribution in [2.24, 2.45) is 0 Å². The van der Waals surface area contributed by atoms with E-state index in [1.54, 1.807) is 24.9 Å². The van der Waals surface area contributed by atoms with Crippen LogP contribution in [0.1, 0.15) is 63.0 Å². The van der Waals surface area contributed by atoms with Gasteiger partial charge in [0, 0.05) is 12.5 Å². The van der Waals surface area contributed by atoms with Crippen molar-refractivity contribution in [3.63, 3.8) is 0 Å². The molecular weight excluding hydrogens is 340 g/mol. The van der Waals surface area contributed by atoms with Gasteiger partial charge in [-0.25, -0.2) is 9.78 Å². The zero-order chi connectivity index (χ0) is 18.9. The normalized spacial score (nSPS) is 11.5. The van der Waals surface area contributed by atoms with Crippen molar-refractivity contribution in [3.8, 4) is 0 Å². The van der Waals surface area contributed by atoms with E-state index in [4.69, 9.17) is 9.15 Å². The van der Waals surface area contributed by atoms with Gasteiger partial charge < -0.3 is 14.1 Å². The van der Waals surface area contributed by atoms with E-state index in [1.165, 1.54) is 18.4 Å². The molecule has 0 aliphatic heterocycles. The zero-order valence-corrected chi connectivity index (χ0v) is 16.5. The average molecular weight is 364 g/mol. The van der Waals surface area contributed by atoms with Gasteiger partial charge in [-0.1, -0.05) is 20.8 Å². The van der Waals surface area contributed by atoms with Crippen molar-refractivity contribution in [3.05, 3.63) is 38.7 Å². The van der Waals surface area contributed by atoms with Crippen LogP contribution in [0, 0.1) is 13.8 Å². The van der Waals surface area contributed by atoms with E-state index in [-0.39, 0.29) is 17.9 Å². The van der Waals surface area contributed by atoms with Crippen molar-refractivity contribution in [2.45, 2.75) is 46.6 Å². The summed E-state index contributed by atoms with van der Waals surface area (Å²) in [5.74, 6) is 0.451. The zero-order valence-electron chi connectivity index (χ0n) is 15.7. The van der Waals surface area contributed by atoms with Gasteiger partial charge in [0.25, 0.3) is 5.91 Å². The number of ether oxygens (including phenoxy) is 1. The van der Waals surface area contributed by atoms with Gasteiger partial charge in [-0.3, -0.25) is 4.79 Å². The molecule has 0 spiro atoms. The fourth-order valence-corrected chi connectivity index (χ4v) is 3.45. The van der Waals surface area contributed by atoms with E-state index in [9.17, 15) is 9.59 Å². The predicted molar refractivity (Wildman–Crippen MR) is 96.1 cm³/mol. The summed E-state index contributed by atoms with van der Waals surface area (Å²) >= 11 is 1.42. The minimum Gasteiger partial charge on any atom is -0.465 e. The van der Waals surface area contributed by atoms with Crippen molar-refractivity contribution < 1.29 is 18.7 Å². The molecule has 25 heavy (non-hydrogen) atoms. The Hall–Kier alpha value is -2.15. The fourth-order valence-electron chi connectivity index (χ4n) is 2.33. The van der Waals surface area contributed by atoms with Gasteiger partial charge in [-0.15, -0.1) is 11.3 Å². The number of carbonyl (C=O) groups is 2. The number of hydrogen-bond acceptors (Lipinski definition) is 6. The molecule has 0 N–H and O–H groups in total. The Morgan fingerprint density at radius 3 is 2.48 bits per heavy atom. The topological polar surface area (TPSA) is 72.6 Å². The molecule has 2 aromatic rings. The lowest BCUT2D eigenvalue weighted by molar-refractivity contribution is 0.0598. The maximum atomic E-state index is 12.8. The minimum absolute atomic E-state index is 0.0972. The Balaban J connectivity index is 2.19. The summed E-state index contributed by atoms with van der Waals surface area (Å²) in [7, 11) is 3.03. The number of hydrogen-bond donors (Lipinski definition) is 0. The maximum absolute atomic E-state index is 12.8. The van der Waals surface area contributed by atoms with Crippen LogP contribution in [0.2, 0.25) is 0 Å². The van der Waals surface area contributed by atoms with E-state index in [0.717, 1.165) is 10.7 Å². The van der Waals surface area contributed by atoms with Crippen molar-refractivity contribution in [2.75, 3.05) is 14.2 Å². The molecule has 0 saturated carbocycles. The molecule has 0 aromatic carbocycles. The minimum atomic E-state index is -0.449. The van der Waals surface area contributed by atoms with Gasteiger partial charge in [0.15, 0.2) is 0 Å². The molecule has 6 nitrogen and oxygen atoms in total. The summed E-state index contributed by atoms with van der Waals surface area (Å²) in [6.45, 7) is 10.0. The molecule has 1 amide bonds. The van der Waals surface area contributed by atoms with Crippen LogP contribution in [-0.4, -0.2) is 35.9 Å². The summed E-state index contributed by atoms with van der Waals surface area (Å²) < 4.78 is 10.3. The molecule has 0 aliphatic carbocycles. The predicted octanol–water partition coefficient (Wildman–Crippen LogP) is 3.71. The van der Waals surface area contributed by atoms with Crippen LogP contribution >= 0.6 is 11.3 Å². The van der Waals surface area contributed by atoms with Crippen LogP contribution < -0.4 is 0 Å². The second kappa shape index (κ2) is 7.00. The molecule has 0 atom stereocenters. The molecule has 0 unspecified atom stereocenters. The standard InChI is InChI=1S/C18H24N2O4S/c1-10-14(25-17(19-10)18(3,4)5)15(21)20(6)9-12-8-13(11(2)24-12)16(22)23-7/h8H,9H2,1-7H3. The largest absolute Gasteiger partial charge is 0.465 e. The number of nitrogens with zero attached hydrogens (tertiary/aromatic N) is 2. The highest BCUT2D eigenvalue weighted by molar-refractivity contribution is 7.14. The maximum Gasteiger partial charge on any atom is 0.341 e. The summed E-state index contributed by atoms with van der Waals surface area (Å²) in [5.41, 5.74) is 1.01. The number of aryl methyl sites for hydroxylation is 2. The number of carbonyl (C=O) groups excluding carboxylic acids is 2. The molecule has 2 rings (SSSR count). The molecule has 0 radical (unpaired) electrons. The first-order chi connectivity index (χ1) is 11.5. The number of esters is 1. The van der Waals surface area contributed by atoms with Crippen molar-refractivity contribution in [1.82, 2.24) is 9.88 Å². The second-order valence-corrected chi connectivity index (χ2v) is 8.02. The lowest BCUT2D eigenvalue weighted by Crippen LogP contribution is -2.25. The third kappa shape index (κ3) is 4.10. The average Bonchev–Trinajstić information content (AvgIpc) is 3.08. The van der Waals surface area contributed by atoms with Gasteiger partial charge in [0.2, 0.25) is 0 Å². The van der Waals surface area contributed by atoms with Gasteiger partial charge in [0.05, 0.1) is 24.4 Å². The monoisotopic (exact) mass is 364 g/mol. The molecule has 0 bridgehead atoms. The van der Waals surface area contributed by atoms with Gasteiger partial charge >= 0.3 is 5.97 Å². The third-order valence-corrected chi connectivity index (χ3v) is 5.32. The molecular formula is C18H24N2O4S. The lowest BCUT2D eigenvalue weighted by Gasteiger charge is -2.15. The van der Waals surface area contributed by atoms with E-state index in [1.807, 2.05) is 6.92 Å². The number of amides is 1. The second-order valence-electron chi connectivity index (χ2n) is 7.02. The quantitative estimate of drug-likeness (QED) is 0.773. The highest BCUT2D eigenvalue weighted by Crippen LogP contribution is 2.30. The SMILES string of the molecule is COC(=O)c1cc(CN(C)C(=O)c2sc(C(C)(C)C)nc2C)oc1C. The molecule has 7 heteroatoms. The summed E-state index contributed by atoms with van der Waals surface area (Å²) in [6, 6.07) is 1.62. The Kier molecular flexibility index (Phi) is 5.37. The first kappa shape index (κ1) is 19.2. The van der Waals surface area contributed by atoms with E-state index < -0.39 is 5.97 Å². The summed E-state index contributed by atoms with van der Waals surface area (Å²) in [5, 5.41) is 0.934. The number of methoxy groups -OCH3 is 1. The number of thiazole rings is 1. The van der Waals surface area contributed by atoms with Crippen LogP contribution in [0.5, 0.6) is 0 Å². The number of furan rings is 1. The highest BCUT2D eigenvalue weighted by atomic mass is 32.1. The first-order valence-electron chi connectivity index (χ1n) is 7.95. The Labute approximate surface area is 151 Å². The van der Waals surface area contributed by atoms with Crippen LogP contribution in [0.3, 0.4) is 0 Å². The molecule has 0 saturated heterocycles. The lowest BCUT2D eigenvalue weighted by atomic mass is 9.98. The molecule has 0 fully saturated rings.